The Hall–Kier alpha value is -1.97. The van der Waals surface area contributed by atoms with Crippen LogP contribution in [-0.4, -0.2) is 30.1 Å². The van der Waals surface area contributed by atoms with Gasteiger partial charge in [-0.3, -0.25) is 4.79 Å². The highest BCUT2D eigenvalue weighted by atomic mass is 32.1. The van der Waals surface area contributed by atoms with Crippen LogP contribution in [0.1, 0.15) is 16.0 Å². The van der Waals surface area contributed by atoms with Gasteiger partial charge in [0.15, 0.2) is 5.13 Å². The standard InChI is InChI=1S/C16H16F3N3O2S/c17-16(18,19)10-3-1-9(2-4-10)5-11-6-21-15(25-11)22-14(23)12-7-24-8-13(12)20/h1-4,6,12-13H,5,7-8,20H2,(H,21,22,23)/t12-,13+/m0/s1. The van der Waals surface area contributed by atoms with Crippen molar-refractivity contribution >= 4 is 22.4 Å². The summed E-state index contributed by atoms with van der Waals surface area (Å²) in [5.74, 6) is -0.636. The third-order valence-electron chi connectivity index (χ3n) is 3.90. The summed E-state index contributed by atoms with van der Waals surface area (Å²) in [5, 5.41) is 3.15. The highest BCUT2D eigenvalue weighted by molar-refractivity contribution is 7.15. The molecule has 1 fully saturated rings. The van der Waals surface area contributed by atoms with Crippen LogP contribution in [0, 0.1) is 5.92 Å². The van der Waals surface area contributed by atoms with Crippen molar-refractivity contribution in [2.75, 3.05) is 18.5 Å². The van der Waals surface area contributed by atoms with Gasteiger partial charge < -0.3 is 15.8 Å². The van der Waals surface area contributed by atoms with Gasteiger partial charge in [0.1, 0.15) is 0 Å². The molecule has 0 bridgehead atoms. The summed E-state index contributed by atoms with van der Waals surface area (Å²) in [7, 11) is 0. The molecular formula is C16H16F3N3O2S. The van der Waals surface area contributed by atoms with Gasteiger partial charge >= 0.3 is 6.18 Å². The monoisotopic (exact) mass is 371 g/mol. The van der Waals surface area contributed by atoms with Gasteiger partial charge in [-0.15, -0.1) is 11.3 Å². The molecule has 2 heterocycles. The summed E-state index contributed by atoms with van der Waals surface area (Å²) in [5.41, 5.74) is 5.86. The molecule has 1 aromatic carbocycles. The van der Waals surface area contributed by atoms with Gasteiger partial charge in [-0.25, -0.2) is 4.98 Å². The topological polar surface area (TPSA) is 77.2 Å². The Kier molecular flexibility index (Phi) is 5.07. The lowest BCUT2D eigenvalue weighted by Crippen LogP contribution is -2.37. The zero-order valence-electron chi connectivity index (χ0n) is 13.0. The predicted molar refractivity (Wildman–Crippen MR) is 87.3 cm³/mol. The minimum absolute atomic E-state index is 0.236. The molecule has 5 nitrogen and oxygen atoms in total. The molecule has 3 N–H and O–H groups in total. The molecule has 0 unspecified atom stereocenters. The van der Waals surface area contributed by atoms with E-state index in [-0.39, 0.29) is 18.6 Å². The van der Waals surface area contributed by atoms with Gasteiger partial charge in [0.05, 0.1) is 24.7 Å². The number of nitrogens with two attached hydrogens (primary N) is 1. The number of anilines is 1. The SMILES string of the molecule is N[C@@H]1COC[C@@H]1C(=O)Nc1ncc(Cc2ccc(C(F)(F)F)cc2)s1. The number of ether oxygens (including phenoxy) is 1. The molecule has 0 aliphatic carbocycles. The van der Waals surface area contributed by atoms with E-state index in [1.165, 1.54) is 23.5 Å². The molecule has 0 spiro atoms. The number of nitrogens with zero attached hydrogens (tertiary/aromatic N) is 1. The van der Waals surface area contributed by atoms with Crippen molar-refractivity contribution in [1.82, 2.24) is 4.98 Å². The Morgan fingerprint density at radius 3 is 2.64 bits per heavy atom. The fraction of sp³-hybridized carbons (Fsp3) is 0.375. The van der Waals surface area contributed by atoms with E-state index >= 15 is 0 Å². The zero-order chi connectivity index (χ0) is 18.0. The van der Waals surface area contributed by atoms with Gasteiger partial charge in [-0.05, 0) is 17.7 Å². The number of thiazole rings is 1. The highest BCUT2D eigenvalue weighted by Crippen LogP contribution is 2.30. The fourth-order valence-electron chi connectivity index (χ4n) is 2.50. The molecule has 0 radical (unpaired) electrons. The number of carbonyl (C=O) groups is 1. The third-order valence-corrected chi connectivity index (χ3v) is 4.82. The van der Waals surface area contributed by atoms with E-state index in [0.29, 0.717) is 18.2 Å². The van der Waals surface area contributed by atoms with E-state index in [9.17, 15) is 18.0 Å². The van der Waals surface area contributed by atoms with Crippen molar-refractivity contribution < 1.29 is 22.7 Å². The maximum Gasteiger partial charge on any atom is 0.416 e. The molecule has 134 valence electrons. The summed E-state index contributed by atoms with van der Waals surface area (Å²) >= 11 is 1.28. The van der Waals surface area contributed by atoms with E-state index in [2.05, 4.69) is 10.3 Å². The minimum atomic E-state index is -4.34. The molecule has 1 aromatic heterocycles. The molecule has 1 aliphatic heterocycles. The molecule has 3 rings (SSSR count). The van der Waals surface area contributed by atoms with Crippen LogP contribution in [0.3, 0.4) is 0 Å². The predicted octanol–water partition coefficient (Wildman–Crippen LogP) is 2.66. The summed E-state index contributed by atoms with van der Waals surface area (Å²) in [6.45, 7) is 0.645. The zero-order valence-corrected chi connectivity index (χ0v) is 13.9. The lowest BCUT2D eigenvalue weighted by molar-refractivity contribution is -0.137. The summed E-state index contributed by atoms with van der Waals surface area (Å²) < 4.78 is 42.8. The Morgan fingerprint density at radius 2 is 2.04 bits per heavy atom. The van der Waals surface area contributed by atoms with E-state index in [1.807, 2.05) is 0 Å². The van der Waals surface area contributed by atoms with Gasteiger partial charge in [0.25, 0.3) is 0 Å². The van der Waals surface area contributed by atoms with Crippen LogP contribution in [0.5, 0.6) is 0 Å². The van der Waals surface area contributed by atoms with Crippen molar-refractivity contribution in [2.24, 2.45) is 11.7 Å². The molecular weight excluding hydrogens is 355 g/mol. The van der Waals surface area contributed by atoms with Crippen LogP contribution < -0.4 is 11.1 Å². The second-order valence-corrected chi connectivity index (χ2v) is 6.92. The van der Waals surface area contributed by atoms with Crippen molar-refractivity contribution in [1.29, 1.82) is 0 Å². The van der Waals surface area contributed by atoms with Gasteiger partial charge in [0, 0.05) is 23.5 Å². The molecule has 1 saturated heterocycles. The summed E-state index contributed by atoms with van der Waals surface area (Å²) in [4.78, 5) is 17.1. The van der Waals surface area contributed by atoms with E-state index in [0.717, 1.165) is 22.6 Å². The van der Waals surface area contributed by atoms with Crippen LogP contribution in [0.15, 0.2) is 30.5 Å². The summed E-state index contributed by atoms with van der Waals surface area (Å²) in [6, 6.07) is 4.67. The summed E-state index contributed by atoms with van der Waals surface area (Å²) in [6.07, 6.45) is -2.30. The third kappa shape index (κ3) is 4.36. The minimum Gasteiger partial charge on any atom is -0.379 e. The molecule has 9 heteroatoms. The van der Waals surface area contributed by atoms with Crippen molar-refractivity contribution in [3.8, 4) is 0 Å². The average Bonchev–Trinajstić information content (AvgIpc) is 3.16. The number of aromatic nitrogens is 1. The second-order valence-electron chi connectivity index (χ2n) is 5.80. The molecule has 2 atom stereocenters. The number of rotatable bonds is 4. The Labute approximate surface area is 146 Å². The quantitative estimate of drug-likeness (QED) is 0.866. The second kappa shape index (κ2) is 7.11. The van der Waals surface area contributed by atoms with Gasteiger partial charge in [0.2, 0.25) is 5.91 Å². The Balaban J connectivity index is 1.61. The number of hydrogen-bond donors (Lipinski definition) is 2. The van der Waals surface area contributed by atoms with Crippen molar-refractivity contribution in [3.05, 3.63) is 46.5 Å². The van der Waals surface area contributed by atoms with Gasteiger partial charge in [-0.1, -0.05) is 12.1 Å². The highest BCUT2D eigenvalue weighted by Gasteiger charge is 2.32. The number of amides is 1. The molecule has 0 saturated carbocycles. The Bertz CT molecular complexity index is 746. The van der Waals surface area contributed by atoms with Gasteiger partial charge in [-0.2, -0.15) is 13.2 Å². The normalized spacial score (nSPS) is 20.6. The van der Waals surface area contributed by atoms with Crippen molar-refractivity contribution in [2.45, 2.75) is 18.6 Å². The maximum atomic E-state index is 12.6. The van der Waals surface area contributed by atoms with Crippen LogP contribution >= 0.6 is 11.3 Å². The van der Waals surface area contributed by atoms with E-state index < -0.39 is 17.7 Å². The van der Waals surface area contributed by atoms with Crippen molar-refractivity contribution in [3.63, 3.8) is 0 Å². The van der Waals surface area contributed by atoms with Crippen LogP contribution in [-0.2, 0) is 22.1 Å². The number of carbonyl (C=O) groups excluding carboxylic acids is 1. The van der Waals surface area contributed by atoms with E-state index in [4.69, 9.17) is 10.5 Å². The maximum absolute atomic E-state index is 12.6. The number of hydrogen-bond acceptors (Lipinski definition) is 5. The first-order chi connectivity index (χ1) is 11.8. The average molecular weight is 371 g/mol. The first-order valence-electron chi connectivity index (χ1n) is 7.58. The lowest BCUT2D eigenvalue weighted by Gasteiger charge is -2.11. The van der Waals surface area contributed by atoms with E-state index in [1.54, 1.807) is 6.20 Å². The largest absolute Gasteiger partial charge is 0.416 e. The fourth-order valence-corrected chi connectivity index (χ4v) is 3.35. The van der Waals surface area contributed by atoms with Crippen LogP contribution in [0.25, 0.3) is 0 Å². The molecule has 1 aliphatic rings. The number of halogens is 3. The molecule has 1 amide bonds. The number of benzene rings is 1. The van der Waals surface area contributed by atoms with Crippen LogP contribution in [0.4, 0.5) is 18.3 Å². The number of alkyl halides is 3. The smallest absolute Gasteiger partial charge is 0.379 e. The molecule has 25 heavy (non-hydrogen) atoms. The lowest BCUT2D eigenvalue weighted by atomic mass is 10.0. The number of nitrogens with one attached hydrogen (secondary N) is 1. The van der Waals surface area contributed by atoms with Crippen LogP contribution in [0.2, 0.25) is 0 Å². The Morgan fingerprint density at radius 1 is 1.32 bits per heavy atom. The first-order valence-corrected chi connectivity index (χ1v) is 8.39. The first kappa shape index (κ1) is 17.8. The molecule has 2 aromatic rings.